The summed E-state index contributed by atoms with van der Waals surface area (Å²) >= 11 is 0. The number of anilines is 6. The summed E-state index contributed by atoms with van der Waals surface area (Å²) in [5, 5.41) is 1.36. The number of aromatic nitrogens is 1. The maximum Gasteiger partial charge on any atom is 0.252 e. The second-order valence-electron chi connectivity index (χ2n) is 27.0. The molecule has 0 saturated heterocycles. The molecule has 1 aromatic heterocycles. The van der Waals surface area contributed by atoms with E-state index in [0.29, 0.717) is 0 Å². The summed E-state index contributed by atoms with van der Waals surface area (Å²) in [4.78, 5) is 5.21. The van der Waals surface area contributed by atoms with Gasteiger partial charge in [0.1, 0.15) is 0 Å². The number of rotatable bonds is 4. The van der Waals surface area contributed by atoms with Gasteiger partial charge in [-0.3, -0.25) is 0 Å². The predicted molar refractivity (Wildman–Crippen MR) is 311 cm³/mol. The third kappa shape index (κ3) is 6.76. The monoisotopic (exact) mass is 944 g/mol. The molecule has 72 heavy (non-hydrogen) atoms. The average Bonchev–Trinajstić information content (AvgIpc) is 3.79. The van der Waals surface area contributed by atoms with Gasteiger partial charge in [-0.1, -0.05) is 183 Å². The largest absolute Gasteiger partial charge is 0.313 e. The van der Waals surface area contributed by atoms with Crippen molar-refractivity contribution >= 4 is 68.1 Å². The summed E-state index contributed by atoms with van der Waals surface area (Å²) in [5.41, 5.74) is 27.9. The van der Waals surface area contributed by atoms with E-state index in [1.165, 1.54) is 112 Å². The van der Waals surface area contributed by atoms with Gasteiger partial charge in [-0.05, 0) is 162 Å². The highest BCUT2D eigenvalue weighted by Gasteiger charge is 2.48. The molecule has 0 atom stereocenters. The van der Waals surface area contributed by atoms with Crippen LogP contribution in [0, 0.1) is 6.92 Å². The third-order valence-electron chi connectivity index (χ3n) is 17.8. The molecule has 0 radical (unpaired) electrons. The lowest BCUT2D eigenvalue weighted by Crippen LogP contribution is -2.60. The molecule has 3 heterocycles. The molecule has 4 aliphatic rings. The molecule has 4 heteroatoms. The van der Waals surface area contributed by atoms with Crippen LogP contribution in [-0.4, -0.2) is 11.3 Å². The fourth-order valence-electron chi connectivity index (χ4n) is 13.4. The van der Waals surface area contributed by atoms with Crippen LogP contribution in [0.15, 0.2) is 133 Å². The number of hydrogen-bond donors (Lipinski definition) is 0. The second kappa shape index (κ2) is 15.2. The van der Waals surface area contributed by atoms with E-state index < -0.39 is 0 Å². The lowest BCUT2D eigenvalue weighted by Gasteiger charge is -2.45. The van der Waals surface area contributed by atoms with Crippen molar-refractivity contribution in [3.63, 3.8) is 0 Å². The van der Waals surface area contributed by atoms with Crippen LogP contribution >= 0.6 is 0 Å². The number of hydrogen-bond acceptors (Lipinski definition) is 2. The van der Waals surface area contributed by atoms with Crippen LogP contribution in [0.4, 0.5) is 34.1 Å². The van der Waals surface area contributed by atoms with Gasteiger partial charge in [0.05, 0.1) is 0 Å². The molecule has 7 aromatic carbocycles. The van der Waals surface area contributed by atoms with Gasteiger partial charge in [-0.25, -0.2) is 0 Å². The van der Waals surface area contributed by atoms with Crippen LogP contribution in [-0.2, 0) is 32.5 Å². The molecule has 0 N–H and O–H groups in total. The molecule has 2 aliphatic heterocycles. The zero-order valence-corrected chi connectivity index (χ0v) is 46.0. The number of fused-ring (bicyclic) bond motifs is 10. The summed E-state index contributed by atoms with van der Waals surface area (Å²) in [6.45, 7) is 38.2. The van der Waals surface area contributed by atoms with Gasteiger partial charge in [-0.15, -0.1) is 0 Å². The zero-order valence-electron chi connectivity index (χ0n) is 46.0. The molecule has 2 aliphatic carbocycles. The lowest BCUT2D eigenvalue weighted by molar-refractivity contribution is 0.332. The van der Waals surface area contributed by atoms with Gasteiger partial charge in [0.15, 0.2) is 0 Å². The minimum absolute atomic E-state index is 0.0211. The Balaban J connectivity index is 1.19. The van der Waals surface area contributed by atoms with E-state index >= 15 is 0 Å². The van der Waals surface area contributed by atoms with E-state index in [0.717, 1.165) is 23.5 Å². The van der Waals surface area contributed by atoms with Crippen LogP contribution in [0.5, 0.6) is 0 Å². The number of nitrogens with zero attached hydrogens (tertiary/aromatic N) is 3. The first-order valence-corrected chi connectivity index (χ1v) is 26.8. The summed E-state index contributed by atoms with van der Waals surface area (Å²) in [5.74, 6) is 0. The van der Waals surface area contributed by atoms with E-state index in [1.54, 1.807) is 0 Å². The molecule has 0 fully saturated rings. The number of benzene rings is 7. The van der Waals surface area contributed by atoms with Crippen LogP contribution in [0.2, 0.25) is 0 Å². The van der Waals surface area contributed by atoms with E-state index in [4.69, 9.17) is 0 Å². The first-order valence-electron chi connectivity index (χ1n) is 26.8. The molecular formula is C68H74BN3. The van der Waals surface area contributed by atoms with Crippen molar-refractivity contribution in [2.75, 3.05) is 9.80 Å². The van der Waals surface area contributed by atoms with Gasteiger partial charge in [0.25, 0.3) is 6.71 Å². The van der Waals surface area contributed by atoms with E-state index in [-0.39, 0.29) is 39.2 Å². The fourth-order valence-corrected chi connectivity index (χ4v) is 13.4. The number of aryl methyl sites for hydroxylation is 1. The van der Waals surface area contributed by atoms with E-state index in [9.17, 15) is 0 Å². The summed E-state index contributed by atoms with van der Waals surface area (Å²) < 4.78 is 2.73. The topological polar surface area (TPSA) is 11.4 Å². The highest BCUT2D eigenvalue weighted by Crippen LogP contribution is 2.56. The Hall–Kier alpha value is -6.26. The molecule has 12 rings (SSSR count). The zero-order chi connectivity index (χ0) is 51.0. The Labute approximate surface area is 431 Å². The molecule has 0 bridgehead atoms. The quantitative estimate of drug-likeness (QED) is 0.163. The standard InChI is InChI=1S/C68H74BN3/c1-41-36-51-52(67(13,14)35-34-66(51,11)12)40-55(41)71-56-39-47(70(45-28-24-42(25-29-45)63(2,3)4)46-30-26-43(27-31-46)64(5,6)7)32-33-53(56)69-54-23-19-21-49-59-48-20-17-18-22-50(48)68(15,16)62(59)72(61(49)54)58-38-44(65(8,9)10)37-57(71)60(58)69/h17-33,36-40H,34-35H2,1-16H3. The molecule has 3 nitrogen and oxygen atoms in total. The summed E-state index contributed by atoms with van der Waals surface area (Å²) in [7, 11) is 0. The van der Waals surface area contributed by atoms with Gasteiger partial charge < -0.3 is 14.4 Å². The molecule has 8 aromatic rings. The minimum atomic E-state index is -0.200. The third-order valence-corrected chi connectivity index (χ3v) is 17.8. The molecule has 0 unspecified atom stereocenters. The van der Waals surface area contributed by atoms with Crippen molar-refractivity contribution in [3.8, 4) is 16.8 Å². The SMILES string of the molecule is Cc1cc2c(cc1N1c3cc(N(c4ccc(C(C)(C)C)cc4)c4ccc(C(C)(C)C)cc4)ccc3B3c4c1cc(C(C)(C)C)cc4-n1c4c(c5cccc3c51)-c1ccccc1C4(C)C)C(C)(C)CCC2(C)C. The molecule has 0 amide bonds. The van der Waals surface area contributed by atoms with Gasteiger partial charge >= 0.3 is 0 Å². The Morgan fingerprint density at radius 3 is 1.64 bits per heavy atom. The maximum atomic E-state index is 2.73. The maximum absolute atomic E-state index is 2.73. The molecule has 0 spiro atoms. The summed E-state index contributed by atoms with van der Waals surface area (Å²) in [6.07, 6.45) is 2.34. The van der Waals surface area contributed by atoms with Gasteiger partial charge in [0, 0.05) is 67.4 Å². The molecular weight excluding hydrogens is 870 g/mol. The van der Waals surface area contributed by atoms with Crippen molar-refractivity contribution in [1.82, 2.24) is 4.57 Å². The van der Waals surface area contributed by atoms with E-state index in [1.807, 2.05) is 0 Å². The van der Waals surface area contributed by atoms with Crippen molar-refractivity contribution in [2.45, 2.75) is 156 Å². The first kappa shape index (κ1) is 46.8. The number of para-hydroxylation sites is 1. The normalized spacial score (nSPS) is 16.8. The fraction of sp³-hybridized carbons (Fsp3) is 0.353. The van der Waals surface area contributed by atoms with E-state index in [2.05, 4.69) is 259 Å². The summed E-state index contributed by atoms with van der Waals surface area (Å²) in [6, 6.07) is 52.8. The average molecular weight is 944 g/mol. The smallest absolute Gasteiger partial charge is 0.252 e. The Bertz CT molecular complexity index is 3500. The molecule has 364 valence electrons. The highest BCUT2D eigenvalue weighted by molar-refractivity contribution is 7.00. The predicted octanol–water partition coefficient (Wildman–Crippen LogP) is 16.6. The molecule has 0 saturated carbocycles. The highest BCUT2D eigenvalue weighted by atomic mass is 15.2. The van der Waals surface area contributed by atoms with Crippen LogP contribution < -0.4 is 26.2 Å². The van der Waals surface area contributed by atoms with Crippen LogP contribution in [0.1, 0.15) is 161 Å². The van der Waals surface area contributed by atoms with Gasteiger partial charge in [0.2, 0.25) is 0 Å². The second-order valence-corrected chi connectivity index (χ2v) is 27.0. The first-order chi connectivity index (χ1) is 33.8. The van der Waals surface area contributed by atoms with Crippen molar-refractivity contribution < 1.29 is 0 Å². The Morgan fingerprint density at radius 2 is 1.04 bits per heavy atom. The van der Waals surface area contributed by atoms with Crippen molar-refractivity contribution in [1.29, 1.82) is 0 Å². The lowest BCUT2D eigenvalue weighted by atomic mass is 9.33. The van der Waals surface area contributed by atoms with Gasteiger partial charge in [-0.2, -0.15) is 0 Å². The van der Waals surface area contributed by atoms with Crippen molar-refractivity contribution in [3.05, 3.63) is 178 Å². The Morgan fingerprint density at radius 1 is 0.486 bits per heavy atom. The van der Waals surface area contributed by atoms with Crippen molar-refractivity contribution in [2.24, 2.45) is 0 Å². The van der Waals surface area contributed by atoms with Crippen LogP contribution in [0.3, 0.4) is 0 Å². The Kier molecular flexibility index (Phi) is 9.85. The minimum Gasteiger partial charge on any atom is -0.313 e. The van der Waals surface area contributed by atoms with Crippen LogP contribution in [0.25, 0.3) is 27.7 Å².